The minimum absolute atomic E-state index is 0.0747. The molecule has 1 amide bonds. The van der Waals surface area contributed by atoms with Crippen LogP contribution >= 0.6 is 0 Å². The molecule has 1 N–H and O–H groups in total. The quantitative estimate of drug-likeness (QED) is 0.625. The van der Waals surface area contributed by atoms with Crippen molar-refractivity contribution < 1.29 is 4.79 Å². The highest BCUT2D eigenvalue weighted by molar-refractivity contribution is 5.76. The third kappa shape index (κ3) is 6.21. The largest absolute Gasteiger partial charge is 0.342 e. The Morgan fingerprint density at radius 2 is 2.15 bits per heavy atom. The molecule has 0 bridgehead atoms. The summed E-state index contributed by atoms with van der Waals surface area (Å²) in [6.45, 7) is 4.13. The molecule has 0 aliphatic heterocycles. The first kappa shape index (κ1) is 12.0. The molecule has 0 aromatic rings. The molecule has 0 aromatic carbocycles. The van der Waals surface area contributed by atoms with E-state index in [-0.39, 0.29) is 11.9 Å². The molecular formula is C11H19NO. The van der Waals surface area contributed by atoms with Crippen molar-refractivity contribution in [1.82, 2.24) is 5.32 Å². The van der Waals surface area contributed by atoms with Gasteiger partial charge in [0.15, 0.2) is 0 Å². The van der Waals surface area contributed by atoms with E-state index in [0.717, 1.165) is 25.7 Å². The highest BCUT2D eigenvalue weighted by Gasteiger charge is 2.06. The van der Waals surface area contributed by atoms with Crippen molar-refractivity contribution in [3.05, 3.63) is 0 Å². The van der Waals surface area contributed by atoms with E-state index in [9.17, 15) is 4.79 Å². The molecule has 0 spiro atoms. The number of rotatable bonds is 6. The van der Waals surface area contributed by atoms with Gasteiger partial charge in [0.1, 0.15) is 0 Å². The third-order valence-electron chi connectivity index (χ3n) is 1.87. The monoisotopic (exact) mass is 181 g/mol. The zero-order chi connectivity index (χ0) is 10.1. The molecule has 0 aliphatic carbocycles. The normalized spacial score (nSPS) is 11.8. The maximum Gasteiger partial charge on any atom is 0.220 e. The molecule has 0 fully saturated rings. The highest BCUT2D eigenvalue weighted by atomic mass is 16.1. The van der Waals surface area contributed by atoms with Gasteiger partial charge in [-0.3, -0.25) is 4.79 Å². The fourth-order valence-corrected chi connectivity index (χ4v) is 1.09. The van der Waals surface area contributed by atoms with Gasteiger partial charge in [0.05, 0.1) is 6.04 Å². The van der Waals surface area contributed by atoms with E-state index in [4.69, 9.17) is 6.42 Å². The Bertz CT molecular complexity index is 181. The van der Waals surface area contributed by atoms with Crippen LogP contribution in [0.4, 0.5) is 0 Å². The summed E-state index contributed by atoms with van der Waals surface area (Å²) in [6.07, 6.45) is 9.72. The lowest BCUT2D eigenvalue weighted by molar-refractivity contribution is -0.121. The van der Waals surface area contributed by atoms with Crippen molar-refractivity contribution >= 4 is 5.91 Å². The fourth-order valence-electron chi connectivity index (χ4n) is 1.09. The first-order valence-electron chi connectivity index (χ1n) is 5.00. The van der Waals surface area contributed by atoms with Crippen LogP contribution < -0.4 is 5.32 Å². The van der Waals surface area contributed by atoms with Crippen LogP contribution in [0, 0.1) is 12.3 Å². The molecule has 0 radical (unpaired) electrons. The van der Waals surface area contributed by atoms with Gasteiger partial charge < -0.3 is 5.32 Å². The molecule has 0 unspecified atom stereocenters. The van der Waals surface area contributed by atoms with Crippen LogP contribution in [-0.2, 0) is 4.79 Å². The zero-order valence-electron chi connectivity index (χ0n) is 8.60. The average molecular weight is 181 g/mol. The van der Waals surface area contributed by atoms with Crippen LogP contribution in [0.2, 0.25) is 0 Å². The summed E-state index contributed by atoms with van der Waals surface area (Å²) in [7, 11) is 0. The summed E-state index contributed by atoms with van der Waals surface area (Å²) in [5.41, 5.74) is 0. The molecule has 0 saturated carbocycles. The number of unbranched alkanes of at least 4 members (excludes halogenated alkanes) is 1. The van der Waals surface area contributed by atoms with Crippen LogP contribution in [0.25, 0.3) is 0 Å². The molecule has 0 heterocycles. The molecule has 74 valence electrons. The summed E-state index contributed by atoms with van der Waals surface area (Å²) in [5.74, 6) is 2.66. The molecule has 0 aliphatic rings. The predicted octanol–water partition coefficient (Wildman–Crippen LogP) is 2.09. The first-order valence-corrected chi connectivity index (χ1v) is 5.00. The van der Waals surface area contributed by atoms with E-state index >= 15 is 0 Å². The number of hydrogen-bond donors (Lipinski definition) is 1. The van der Waals surface area contributed by atoms with E-state index in [1.807, 2.05) is 0 Å². The van der Waals surface area contributed by atoms with Gasteiger partial charge in [-0.1, -0.05) is 32.6 Å². The van der Waals surface area contributed by atoms with Gasteiger partial charge in [0.2, 0.25) is 5.91 Å². The van der Waals surface area contributed by atoms with Crippen molar-refractivity contribution in [3.63, 3.8) is 0 Å². The number of hydrogen-bond acceptors (Lipinski definition) is 1. The summed E-state index contributed by atoms with van der Waals surface area (Å²) in [4.78, 5) is 11.2. The third-order valence-corrected chi connectivity index (χ3v) is 1.87. The number of carbonyl (C=O) groups is 1. The fraction of sp³-hybridized carbons (Fsp3) is 0.727. The molecule has 2 heteroatoms. The van der Waals surface area contributed by atoms with Crippen LogP contribution in [0.15, 0.2) is 0 Å². The lowest BCUT2D eigenvalue weighted by atomic mass is 10.1. The highest BCUT2D eigenvalue weighted by Crippen LogP contribution is 1.98. The smallest absolute Gasteiger partial charge is 0.220 e. The van der Waals surface area contributed by atoms with Gasteiger partial charge in [-0.2, -0.15) is 0 Å². The Morgan fingerprint density at radius 1 is 1.46 bits per heavy atom. The molecule has 1 atom stereocenters. The van der Waals surface area contributed by atoms with E-state index in [2.05, 4.69) is 25.1 Å². The summed E-state index contributed by atoms with van der Waals surface area (Å²) in [6, 6.07) is -0.0747. The Balaban J connectivity index is 3.68. The average Bonchev–Trinajstić information content (AvgIpc) is 2.14. The van der Waals surface area contributed by atoms with Crippen LogP contribution in [0.5, 0.6) is 0 Å². The van der Waals surface area contributed by atoms with Crippen molar-refractivity contribution in [2.45, 2.75) is 52.0 Å². The summed E-state index contributed by atoms with van der Waals surface area (Å²) >= 11 is 0. The maximum absolute atomic E-state index is 11.2. The molecular weight excluding hydrogens is 162 g/mol. The van der Waals surface area contributed by atoms with Crippen LogP contribution in [0.1, 0.15) is 46.0 Å². The van der Waals surface area contributed by atoms with Gasteiger partial charge in [0.25, 0.3) is 0 Å². The van der Waals surface area contributed by atoms with Crippen molar-refractivity contribution in [2.75, 3.05) is 0 Å². The molecule has 0 rings (SSSR count). The van der Waals surface area contributed by atoms with Gasteiger partial charge in [-0.05, 0) is 12.8 Å². The standard InChI is InChI=1S/C11H19NO/c1-4-7-9-11(13)12-10(6-3)8-5-2/h3,10H,4-5,7-9H2,1-2H3,(H,12,13)/t10-/m1/s1. The zero-order valence-corrected chi connectivity index (χ0v) is 8.60. The van der Waals surface area contributed by atoms with E-state index in [1.165, 1.54) is 0 Å². The Hall–Kier alpha value is -0.970. The lowest BCUT2D eigenvalue weighted by Gasteiger charge is -2.11. The number of amides is 1. The van der Waals surface area contributed by atoms with E-state index in [0.29, 0.717) is 6.42 Å². The van der Waals surface area contributed by atoms with Gasteiger partial charge in [-0.15, -0.1) is 6.42 Å². The maximum atomic E-state index is 11.2. The van der Waals surface area contributed by atoms with Crippen molar-refractivity contribution in [3.8, 4) is 12.3 Å². The van der Waals surface area contributed by atoms with Crippen LogP contribution in [-0.4, -0.2) is 11.9 Å². The number of nitrogens with one attached hydrogen (secondary N) is 1. The minimum atomic E-state index is -0.0747. The second-order valence-corrected chi connectivity index (χ2v) is 3.18. The lowest BCUT2D eigenvalue weighted by Crippen LogP contribution is -2.33. The first-order chi connectivity index (χ1) is 6.24. The minimum Gasteiger partial charge on any atom is -0.342 e. The second kappa shape index (κ2) is 7.67. The van der Waals surface area contributed by atoms with Crippen molar-refractivity contribution in [2.24, 2.45) is 0 Å². The number of terminal acetylenes is 1. The van der Waals surface area contributed by atoms with E-state index < -0.39 is 0 Å². The number of carbonyl (C=O) groups excluding carboxylic acids is 1. The summed E-state index contributed by atoms with van der Waals surface area (Å²) in [5, 5.41) is 2.83. The van der Waals surface area contributed by atoms with Crippen molar-refractivity contribution in [1.29, 1.82) is 0 Å². The van der Waals surface area contributed by atoms with E-state index in [1.54, 1.807) is 0 Å². The van der Waals surface area contributed by atoms with Gasteiger partial charge in [-0.25, -0.2) is 0 Å². The van der Waals surface area contributed by atoms with Gasteiger partial charge >= 0.3 is 0 Å². The predicted molar refractivity (Wildman–Crippen MR) is 55.2 cm³/mol. The second-order valence-electron chi connectivity index (χ2n) is 3.18. The Labute approximate surface area is 81.1 Å². The van der Waals surface area contributed by atoms with Crippen LogP contribution in [0.3, 0.4) is 0 Å². The SMILES string of the molecule is C#C[C@H](CCC)NC(=O)CCCC. The van der Waals surface area contributed by atoms with Gasteiger partial charge in [0, 0.05) is 6.42 Å². The molecule has 2 nitrogen and oxygen atoms in total. The molecule has 13 heavy (non-hydrogen) atoms. The summed E-state index contributed by atoms with van der Waals surface area (Å²) < 4.78 is 0. The Kier molecular flexibility index (Phi) is 7.10. The topological polar surface area (TPSA) is 29.1 Å². The molecule has 0 aromatic heterocycles. The Morgan fingerprint density at radius 3 is 2.62 bits per heavy atom. The molecule has 0 saturated heterocycles.